The molecule has 1 N–H and O–H groups in total. The zero-order valence-electron chi connectivity index (χ0n) is 9.19. The fourth-order valence-corrected chi connectivity index (χ4v) is 3.06. The van der Waals surface area contributed by atoms with E-state index in [1.165, 1.54) is 12.1 Å². The molecule has 1 aromatic heterocycles. The molecule has 4 heteroatoms. The lowest BCUT2D eigenvalue weighted by atomic mass is 9.86. The van der Waals surface area contributed by atoms with Crippen LogP contribution in [0.3, 0.4) is 0 Å². The van der Waals surface area contributed by atoms with Crippen LogP contribution in [0.4, 0.5) is 5.69 Å². The topological polar surface area (TPSA) is 28.2 Å². The Bertz CT molecular complexity index is 370. The van der Waals surface area contributed by atoms with Gasteiger partial charge in [0.1, 0.15) is 0 Å². The summed E-state index contributed by atoms with van der Waals surface area (Å²) in [6.45, 7) is 4.57. The predicted molar refractivity (Wildman–Crippen MR) is 65.9 cm³/mol. The van der Waals surface area contributed by atoms with Crippen molar-refractivity contribution in [1.82, 2.24) is 10.3 Å². The number of halogens is 1. The molecule has 0 spiro atoms. The van der Waals surface area contributed by atoms with E-state index in [-0.39, 0.29) is 0 Å². The highest BCUT2D eigenvalue weighted by Gasteiger charge is 2.30. The van der Waals surface area contributed by atoms with E-state index in [2.05, 4.69) is 15.2 Å². The number of piperidine rings is 2. The highest BCUT2D eigenvalue weighted by Crippen LogP contribution is 2.29. The number of nitrogens with one attached hydrogen (secondary N) is 1. The molecular formula is C12H16ClN3. The quantitative estimate of drug-likeness (QED) is 0.807. The maximum atomic E-state index is 5.98. The van der Waals surface area contributed by atoms with Crippen LogP contribution in [0, 0.1) is 11.8 Å². The third kappa shape index (κ3) is 2.02. The van der Waals surface area contributed by atoms with E-state index in [0.717, 1.165) is 43.0 Å². The monoisotopic (exact) mass is 237 g/mol. The fourth-order valence-electron chi connectivity index (χ4n) is 2.89. The molecule has 3 rings (SSSR count). The van der Waals surface area contributed by atoms with Crippen LogP contribution in [0.5, 0.6) is 0 Å². The summed E-state index contributed by atoms with van der Waals surface area (Å²) in [7, 11) is 0. The van der Waals surface area contributed by atoms with Gasteiger partial charge in [0, 0.05) is 19.3 Å². The first kappa shape index (κ1) is 10.4. The summed E-state index contributed by atoms with van der Waals surface area (Å²) in [5.41, 5.74) is 1.17. The summed E-state index contributed by atoms with van der Waals surface area (Å²) in [5, 5.41) is 4.23. The summed E-state index contributed by atoms with van der Waals surface area (Å²) >= 11 is 5.98. The molecular weight excluding hydrogens is 222 g/mol. The van der Waals surface area contributed by atoms with Crippen molar-refractivity contribution in [3.05, 3.63) is 23.5 Å². The van der Waals surface area contributed by atoms with Gasteiger partial charge in [-0.25, -0.2) is 0 Å². The first-order valence-corrected chi connectivity index (χ1v) is 6.25. The molecule has 2 unspecified atom stereocenters. The van der Waals surface area contributed by atoms with Crippen LogP contribution in [0.15, 0.2) is 18.5 Å². The number of hydrogen-bond acceptors (Lipinski definition) is 3. The number of rotatable bonds is 1. The average molecular weight is 238 g/mol. The minimum atomic E-state index is 0.728. The highest BCUT2D eigenvalue weighted by atomic mass is 35.5. The Morgan fingerprint density at radius 3 is 2.69 bits per heavy atom. The van der Waals surface area contributed by atoms with Gasteiger partial charge in [-0.2, -0.15) is 0 Å². The molecule has 2 aliphatic rings. The number of anilines is 1. The number of hydrogen-bond donors (Lipinski definition) is 1. The zero-order chi connectivity index (χ0) is 11.0. The highest BCUT2D eigenvalue weighted by molar-refractivity contribution is 6.30. The Balaban J connectivity index is 1.80. The molecule has 2 bridgehead atoms. The SMILES string of the molecule is Clc1cncc(N2CC3CNCC(C3)C2)c1. The molecule has 0 radical (unpaired) electrons. The van der Waals surface area contributed by atoms with Crippen LogP contribution in [0.1, 0.15) is 6.42 Å². The number of nitrogens with zero attached hydrogens (tertiary/aromatic N) is 2. The van der Waals surface area contributed by atoms with Gasteiger partial charge in [0.15, 0.2) is 0 Å². The fraction of sp³-hybridized carbons (Fsp3) is 0.583. The molecule has 0 aromatic carbocycles. The lowest BCUT2D eigenvalue weighted by Crippen LogP contribution is -2.51. The van der Waals surface area contributed by atoms with E-state index >= 15 is 0 Å². The van der Waals surface area contributed by atoms with Gasteiger partial charge in [-0.15, -0.1) is 0 Å². The second-order valence-electron chi connectivity index (χ2n) is 4.89. The summed E-state index contributed by atoms with van der Waals surface area (Å²) < 4.78 is 0. The van der Waals surface area contributed by atoms with E-state index in [1.54, 1.807) is 6.20 Å². The van der Waals surface area contributed by atoms with Crippen molar-refractivity contribution in [2.45, 2.75) is 6.42 Å². The number of fused-ring (bicyclic) bond motifs is 2. The molecule has 16 heavy (non-hydrogen) atoms. The van der Waals surface area contributed by atoms with Crippen LogP contribution in [0.2, 0.25) is 5.02 Å². The molecule has 2 saturated heterocycles. The van der Waals surface area contributed by atoms with Gasteiger partial charge in [-0.1, -0.05) is 11.6 Å². The van der Waals surface area contributed by atoms with Gasteiger partial charge in [-0.05, 0) is 37.4 Å². The van der Waals surface area contributed by atoms with E-state index in [0.29, 0.717) is 0 Å². The van der Waals surface area contributed by atoms with E-state index in [4.69, 9.17) is 11.6 Å². The van der Waals surface area contributed by atoms with E-state index < -0.39 is 0 Å². The molecule has 2 fully saturated rings. The molecule has 2 atom stereocenters. The Kier molecular flexibility index (Phi) is 2.74. The Hall–Kier alpha value is -0.800. The van der Waals surface area contributed by atoms with Gasteiger partial charge >= 0.3 is 0 Å². The van der Waals surface area contributed by atoms with Gasteiger partial charge in [0.05, 0.1) is 16.9 Å². The predicted octanol–water partition coefficient (Wildman–Crippen LogP) is 1.78. The summed E-state index contributed by atoms with van der Waals surface area (Å²) in [6, 6.07) is 2.02. The molecule has 2 aliphatic heterocycles. The van der Waals surface area contributed by atoms with Crippen molar-refractivity contribution in [1.29, 1.82) is 0 Å². The second kappa shape index (κ2) is 4.22. The van der Waals surface area contributed by atoms with Gasteiger partial charge in [-0.3, -0.25) is 4.98 Å². The maximum absolute atomic E-state index is 5.98. The largest absolute Gasteiger partial charge is 0.370 e. The number of aromatic nitrogens is 1. The molecule has 0 amide bonds. The number of pyridine rings is 1. The van der Waals surface area contributed by atoms with Crippen molar-refractivity contribution in [2.75, 3.05) is 31.1 Å². The molecule has 3 heterocycles. The van der Waals surface area contributed by atoms with Crippen LogP contribution < -0.4 is 10.2 Å². The molecule has 3 nitrogen and oxygen atoms in total. The van der Waals surface area contributed by atoms with Crippen LogP contribution in [-0.2, 0) is 0 Å². The van der Waals surface area contributed by atoms with Crippen molar-refractivity contribution in [3.63, 3.8) is 0 Å². The lowest BCUT2D eigenvalue weighted by molar-refractivity contribution is 0.249. The Labute approximate surface area is 101 Å². The van der Waals surface area contributed by atoms with Crippen LogP contribution in [-0.4, -0.2) is 31.2 Å². The summed E-state index contributed by atoms with van der Waals surface area (Å²) in [4.78, 5) is 6.59. The zero-order valence-corrected chi connectivity index (χ0v) is 9.95. The van der Waals surface area contributed by atoms with Crippen molar-refractivity contribution in [3.8, 4) is 0 Å². The Morgan fingerprint density at radius 2 is 2.00 bits per heavy atom. The molecule has 86 valence electrons. The van der Waals surface area contributed by atoms with Crippen LogP contribution >= 0.6 is 11.6 Å². The molecule has 0 aliphatic carbocycles. The standard InChI is InChI=1S/C12H16ClN3/c13-11-2-12(6-15-5-11)16-7-9-1-10(8-16)4-14-3-9/h2,5-6,9-10,14H,1,3-4,7-8H2. The van der Waals surface area contributed by atoms with Gasteiger partial charge in [0.2, 0.25) is 0 Å². The first-order valence-electron chi connectivity index (χ1n) is 5.87. The minimum absolute atomic E-state index is 0.728. The van der Waals surface area contributed by atoms with Gasteiger partial charge in [0.25, 0.3) is 0 Å². The normalized spacial score (nSPS) is 29.2. The average Bonchev–Trinajstić information content (AvgIpc) is 2.28. The summed E-state index contributed by atoms with van der Waals surface area (Å²) in [6.07, 6.45) is 4.98. The smallest absolute Gasteiger partial charge is 0.0609 e. The Morgan fingerprint density at radius 1 is 1.25 bits per heavy atom. The summed E-state index contributed by atoms with van der Waals surface area (Å²) in [5.74, 6) is 1.57. The minimum Gasteiger partial charge on any atom is -0.370 e. The van der Waals surface area contributed by atoms with Crippen molar-refractivity contribution in [2.24, 2.45) is 11.8 Å². The maximum Gasteiger partial charge on any atom is 0.0609 e. The first-order chi connectivity index (χ1) is 7.81. The lowest BCUT2D eigenvalue weighted by Gasteiger charge is -2.42. The van der Waals surface area contributed by atoms with E-state index in [9.17, 15) is 0 Å². The van der Waals surface area contributed by atoms with Crippen molar-refractivity contribution >= 4 is 17.3 Å². The molecule has 0 saturated carbocycles. The second-order valence-corrected chi connectivity index (χ2v) is 5.33. The van der Waals surface area contributed by atoms with E-state index in [1.807, 2.05) is 12.3 Å². The third-order valence-electron chi connectivity index (χ3n) is 3.55. The van der Waals surface area contributed by atoms with Crippen molar-refractivity contribution < 1.29 is 0 Å². The molecule has 1 aromatic rings. The van der Waals surface area contributed by atoms with Gasteiger partial charge < -0.3 is 10.2 Å². The third-order valence-corrected chi connectivity index (χ3v) is 3.75. The van der Waals surface area contributed by atoms with Crippen LogP contribution in [0.25, 0.3) is 0 Å².